The summed E-state index contributed by atoms with van der Waals surface area (Å²) in [5.74, 6) is -2.94. The smallest absolute Gasteiger partial charge is 0.253 e. The normalized spacial score (nSPS) is 12.3. The Morgan fingerprint density at radius 2 is 1.38 bits per heavy atom. The number of anilines is 2. The fraction of sp³-hybridized carbons (Fsp3) is 0.0526. The molecule has 0 aliphatic heterocycles. The van der Waals surface area contributed by atoms with Crippen LogP contribution in [0.15, 0.2) is 128 Å². The molecular weight excluding hydrogens is 940 g/mol. The summed E-state index contributed by atoms with van der Waals surface area (Å²) in [6.07, 6.45) is 4.88. The Kier molecular flexibility index (Phi) is 14.2. The van der Waals surface area contributed by atoms with E-state index < -0.39 is 47.8 Å². The molecule has 0 fully saturated rings. The molecule has 0 saturated carbocycles. The summed E-state index contributed by atoms with van der Waals surface area (Å²) in [6.45, 7) is 3.48. The van der Waals surface area contributed by atoms with Crippen molar-refractivity contribution in [2.45, 2.75) is 16.2 Å². The van der Waals surface area contributed by atoms with Crippen LogP contribution in [0.1, 0.15) is 22.3 Å². The summed E-state index contributed by atoms with van der Waals surface area (Å²) in [6, 6.07) is 23.6. The first-order chi connectivity index (χ1) is 27.4. The second kappa shape index (κ2) is 18.9. The second-order valence-electron chi connectivity index (χ2n) is 12.2. The Morgan fingerprint density at radius 1 is 0.793 bits per heavy atom. The molecule has 0 bridgehead atoms. The van der Waals surface area contributed by atoms with Gasteiger partial charge in [-0.2, -0.15) is 5.10 Å². The molecule has 1 atom stereocenters. The summed E-state index contributed by atoms with van der Waals surface area (Å²) >= 11 is 11.7. The molecule has 58 heavy (non-hydrogen) atoms. The summed E-state index contributed by atoms with van der Waals surface area (Å²) < 4.78 is 73.4. The molecule has 2 amide bonds. The van der Waals surface area contributed by atoms with E-state index in [1.165, 1.54) is 42.8 Å². The van der Waals surface area contributed by atoms with E-state index in [1.807, 2.05) is 36.4 Å². The highest BCUT2D eigenvalue weighted by Crippen LogP contribution is 2.33. The van der Waals surface area contributed by atoms with Crippen LogP contribution in [0.5, 0.6) is 5.75 Å². The van der Waals surface area contributed by atoms with Crippen LogP contribution in [0.2, 0.25) is 0 Å². The van der Waals surface area contributed by atoms with Gasteiger partial charge in [0, 0.05) is 11.4 Å². The zero-order chi connectivity index (χ0) is 42.2. The first kappa shape index (κ1) is 43.6. The number of phenolic OH excluding ortho intramolecular Hbond substituents is 1. The lowest BCUT2D eigenvalue weighted by Gasteiger charge is -2.18. The largest absolute Gasteiger partial charge is 0.744 e. The summed E-state index contributed by atoms with van der Waals surface area (Å²) in [7, 11) is -10.1. The molecule has 6 N–H and O–H groups in total. The van der Waals surface area contributed by atoms with Crippen LogP contribution in [0.25, 0.3) is 22.9 Å². The molecule has 0 aromatic heterocycles. The fourth-order valence-corrected chi connectivity index (χ4v) is 8.21. The van der Waals surface area contributed by atoms with Crippen molar-refractivity contribution in [1.29, 1.82) is 0 Å². The molecular formula is C38H30Br2N6O9S3-2. The van der Waals surface area contributed by atoms with Crippen molar-refractivity contribution in [2.75, 3.05) is 10.6 Å². The lowest BCUT2D eigenvalue weighted by atomic mass is 9.96. The van der Waals surface area contributed by atoms with Gasteiger partial charge in [-0.25, -0.2) is 22.3 Å². The molecule has 5 aromatic rings. The lowest BCUT2D eigenvalue weighted by Crippen LogP contribution is -2.49. The maximum atomic E-state index is 13.5. The average Bonchev–Trinajstić information content (AvgIpc) is 3.17. The number of phenols is 1. The topological polar surface area (TPSA) is 241 Å². The number of hydrazine groups is 1. The predicted octanol–water partition coefficient (Wildman–Crippen LogP) is 5.93. The number of halogens is 2. The van der Waals surface area contributed by atoms with Gasteiger partial charge in [-0.15, -0.1) is 0 Å². The first-order valence-corrected chi connectivity index (χ1v) is 21.3. The van der Waals surface area contributed by atoms with Gasteiger partial charge in [0.2, 0.25) is 0 Å². The number of carbonyl (C=O) groups is 2. The third-order valence-electron chi connectivity index (χ3n) is 8.15. The molecule has 0 heterocycles. The molecule has 1 unspecified atom stereocenters. The number of nitrogens with one attached hydrogen (secondary N) is 5. The second-order valence-corrected chi connectivity index (χ2v) is 17.0. The van der Waals surface area contributed by atoms with Gasteiger partial charge in [0.25, 0.3) is 11.8 Å². The Hall–Kier alpha value is -5.48. The number of aromatic hydroxyl groups is 1. The maximum Gasteiger partial charge on any atom is 0.253 e. The zero-order valence-corrected chi connectivity index (χ0v) is 35.2. The van der Waals surface area contributed by atoms with Crippen molar-refractivity contribution >= 4 is 122 Å². The first-order valence-electron chi connectivity index (χ1n) is 16.5. The van der Waals surface area contributed by atoms with Crippen LogP contribution in [0.4, 0.5) is 11.4 Å². The van der Waals surface area contributed by atoms with E-state index in [2.05, 4.69) is 70.5 Å². The summed E-state index contributed by atoms with van der Waals surface area (Å²) in [4.78, 5) is 25.6. The Balaban J connectivity index is 1.31. The van der Waals surface area contributed by atoms with Crippen molar-refractivity contribution in [1.82, 2.24) is 16.3 Å². The number of benzene rings is 5. The van der Waals surface area contributed by atoms with Crippen LogP contribution in [0, 0.1) is 5.92 Å². The van der Waals surface area contributed by atoms with E-state index in [4.69, 9.17) is 12.2 Å². The number of fused-ring (bicyclic) bond motifs is 1. The van der Waals surface area contributed by atoms with Crippen LogP contribution in [-0.2, 0) is 36.2 Å². The van der Waals surface area contributed by atoms with E-state index in [1.54, 1.807) is 18.2 Å². The van der Waals surface area contributed by atoms with Crippen molar-refractivity contribution in [3.63, 3.8) is 0 Å². The van der Waals surface area contributed by atoms with Crippen LogP contribution in [-0.4, -0.2) is 54.2 Å². The number of hydrogen-bond donors (Lipinski definition) is 6. The van der Waals surface area contributed by atoms with Crippen LogP contribution in [0.3, 0.4) is 0 Å². The third-order valence-corrected chi connectivity index (χ3v) is 11.3. The van der Waals surface area contributed by atoms with Gasteiger partial charge in [0.1, 0.15) is 31.9 Å². The van der Waals surface area contributed by atoms with Gasteiger partial charge >= 0.3 is 0 Å². The van der Waals surface area contributed by atoms with E-state index in [9.17, 15) is 40.6 Å². The number of nitrogens with zero attached hydrogens (tertiary/aromatic N) is 1. The highest BCUT2D eigenvalue weighted by molar-refractivity contribution is 9.11. The number of thiocarbonyl (C=S) groups is 1. The van der Waals surface area contributed by atoms with Gasteiger partial charge in [0.15, 0.2) is 5.11 Å². The quantitative estimate of drug-likeness (QED) is 0.0201. The van der Waals surface area contributed by atoms with Gasteiger partial charge in [-0.05, 0) is 126 Å². The number of hydrazone groups is 1. The highest BCUT2D eigenvalue weighted by Gasteiger charge is 2.27. The molecule has 5 aromatic carbocycles. The molecule has 0 saturated heterocycles. The van der Waals surface area contributed by atoms with Gasteiger partial charge in [-0.3, -0.25) is 20.4 Å². The number of amides is 2. The SMILES string of the molecule is C=CNc1ccc(/C=C/c2ccc(NC(=S)NNC(=O)C(Cc3ccc4ccccc4c3)C(=O)N/N=C\c3cc(Br)c(O)c(Br)c3)cc2S(=O)(=O)[O-])c(S(=O)(=O)[O-])c1. The molecule has 0 radical (unpaired) electrons. The Labute approximate surface area is 355 Å². The molecule has 20 heteroatoms. The predicted molar refractivity (Wildman–Crippen MR) is 229 cm³/mol. The summed E-state index contributed by atoms with van der Waals surface area (Å²) in [5.41, 5.74) is 8.46. The number of rotatable bonds is 13. The molecule has 300 valence electrons. The van der Waals surface area contributed by atoms with E-state index >= 15 is 0 Å². The highest BCUT2D eigenvalue weighted by atomic mass is 79.9. The van der Waals surface area contributed by atoms with E-state index in [-0.39, 0.29) is 39.8 Å². The Bertz CT molecular complexity index is 2710. The maximum absolute atomic E-state index is 13.5. The number of hydrogen-bond acceptors (Lipinski definition) is 12. The van der Waals surface area contributed by atoms with E-state index in [0.717, 1.165) is 29.0 Å². The molecule has 0 aliphatic rings. The van der Waals surface area contributed by atoms with E-state index in [0.29, 0.717) is 20.1 Å². The standard InChI is InChI=1S/C38H32Br2N6O9S3/c1-2-41-28-13-11-25(33(19-28)57(50,51)52)9-10-26-12-14-29(20-34(26)58(53,54)55)43-38(56)46-45-37(49)30(16-22-7-8-24-5-3-4-6-27(24)15-22)36(48)44-42-21-23-17-31(39)35(47)32(40)18-23/h2-15,17-21,30,41,47H,1,16H2,(H,44,48)(H,45,49)(H2,43,46,56)(H,50,51,52)(H,53,54,55)/p-2/b10-9+,42-21-. The minimum absolute atomic E-state index is 0.00768. The molecule has 0 aliphatic carbocycles. The molecule has 15 nitrogen and oxygen atoms in total. The Morgan fingerprint density at radius 3 is 1.98 bits per heavy atom. The van der Waals surface area contributed by atoms with Crippen molar-refractivity contribution < 1.29 is 40.6 Å². The zero-order valence-electron chi connectivity index (χ0n) is 29.6. The van der Waals surface area contributed by atoms with Crippen molar-refractivity contribution in [2.24, 2.45) is 11.0 Å². The number of carbonyl (C=O) groups excluding carboxylic acids is 2. The van der Waals surface area contributed by atoms with Gasteiger partial charge in [0.05, 0.1) is 25.0 Å². The average molecular weight is 971 g/mol. The van der Waals surface area contributed by atoms with Crippen LogP contribution >= 0.6 is 44.1 Å². The van der Waals surface area contributed by atoms with Crippen molar-refractivity contribution in [3.8, 4) is 5.75 Å². The molecule has 0 spiro atoms. The lowest BCUT2D eigenvalue weighted by molar-refractivity contribution is -0.135. The van der Waals surface area contributed by atoms with Crippen molar-refractivity contribution in [3.05, 3.63) is 135 Å². The fourth-order valence-electron chi connectivity index (χ4n) is 5.42. The monoisotopic (exact) mass is 968 g/mol. The molecule has 5 rings (SSSR count). The van der Waals surface area contributed by atoms with Crippen LogP contribution < -0.4 is 26.9 Å². The minimum atomic E-state index is -5.12. The third kappa shape index (κ3) is 11.6. The summed E-state index contributed by atoms with van der Waals surface area (Å²) in [5, 5.41) is 20.9. The van der Waals surface area contributed by atoms with Gasteiger partial charge < -0.3 is 24.8 Å². The minimum Gasteiger partial charge on any atom is -0.744 e. The van der Waals surface area contributed by atoms with Gasteiger partial charge in [-0.1, -0.05) is 73.3 Å².